The van der Waals surface area contributed by atoms with Crippen molar-refractivity contribution in [3.05, 3.63) is 0 Å². The largest absolute Gasteiger partial charge is 0.272 e. The zero-order chi connectivity index (χ0) is 11.5. The van der Waals surface area contributed by atoms with Crippen molar-refractivity contribution in [3.63, 3.8) is 0 Å². The minimum Gasteiger partial charge on any atom is -0.272 e. The Morgan fingerprint density at radius 2 is 0.867 bits per heavy atom. The van der Waals surface area contributed by atoms with Crippen LogP contribution >= 0.6 is 8.88 Å². The molecule has 15 heavy (non-hydrogen) atoms. The fourth-order valence-electron chi connectivity index (χ4n) is 1.70. The van der Waals surface area contributed by atoms with E-state index in [9.17, 15) is 0 Å². The lowest BCUT2D eigenvalue weighted by atomic mass is 10.4. The van der Waals surface area contributed by atoms with E-state index in [0.717, 1.165) is 8.88 Å². The van der Waals surface area contributed by atoms with Crippen LogP contribution in [0.1, 0.15) is 53.4 Å². The second kappa shape index (κ2) is 10.9. The molecule has 0 aromatic heterocycles. The van der Waals surface area contributed by atoms with Crippen molar-refractivity contribution in [1.29, 1.82) is 0 Å². The summed E-state index contributed by atoms with van der Waals surface area (Å²) in [6.45, 7) is 14.1. The number of hydrogen-bond donors (Lipinski definition) is 0. The van der Waals surface area contributed by atoms with Gasteiger partial charge in [0.05, 0.1) is 0 Å². The highest BCUT2D eigenvalue weighted by Crippen LogP contribution is 2.24. The lowest BCUT2D eigenvalue weighted by Crippen LogP contribution is -2.25. The Morgan fingerprint density at radius 3 is 1.07 bits per heavy atom. The van der Waals surface area contributed by atoms with Crippen LogP contribution in [0.2, 0.25) is 0 Å². The summed E-state index contributed by atoms with van der Waals surface area (Å²) in [4.78, 5) is 0. The molecule has 0 saturated carbocycles. The van der Waals surface area contributed by atoms with Gasteiger partial charge in [-0.25, -0.2) is 0 Å². The predicted molar refractivity (Wildman–Crippen MR) is 72.6 cm³/mol. The standard InChI is InChI=1S/C12H29N2P/c1-5-9-13(10-6-2)15-14(11-7-3)12-8-4/h15H,5-12H2,1-4H3. The van der Waals surface area contributed by atoms with Gasteiger partial charge >= 0.3 is 0 Å². The minimum absolute atomic E-state index is 0.908. The Hall–Kier alpha value is 0.350. The average molecular weight is 232 g/mol. The van der Waals surface area contributed by atoms with Crippen LogP contribution in [-0.2, 0) is 0 Å². The Kier molecular flexibility index (Phi) is 11.1. The van der Waals surface area contributed by atoms with E-state index in [2.05, 4.69) is 37.0 Å². The Morgan fingerprint density at radius 1 is 0.600 bits per heavy atom. The van der Waals surface area contributed by atoms with Crippen LogP contribution in [0.3, 0.4) is 0 Å². The summed E-state index contributed by atoms with van der Waals surface area (Å²) in [5.41, 5.74) is 0. The third-order valence-corrected chi connectivity index (χ3v) is 3.72. The maximum Gasteiger partial charge on any atom is 0.0240 e. The molecule has 3 heteroatoms. The molecule has 0 amide bonds. The van der Waals surface area contributed by atoms with Crippen LogP contribution in [0.4, 0.5) is 0 Å². The van der Waals surface area contributed by atoms with Crippen LogP contribution in [0, 0.1) is 0 Å². The van der Waals surface area contributed by atoms with Gasteiger partial charge in [-0.3, -0.25) is 9.34 Å². The predicted octanol–water partition coefficient (Wildman–Crippen LogP) is 3.74. The topological polar surface area (TPSA) is 6.48 Å². The van der Waals surface area contributed by atoms with Crippen LogP contribution in [0.15, 0.2) is 0 Å². The molecule has 0 N–H and O–H groups in total. The van der Waals surface area contributed by atoms with E-state index in [1.807, 2.05) is 0 Å². The molecule has 0 bridgehead atoms. The van der Waals surface area contributed by atoms with Crippen molar-refractivity contribution in [2.75, 3.05) is 26.2 Å². The molecule has 0 unspecified atom stereocenters. The molecule has 0 aromatic rings. The van der Waals surface area contributed by atoms with E-state index in [4.69, 9.17) is 0 Å². The molecule has 0 radical (unpaired) electrons. The molecule has 92 valence electrons. The first kappa shape index (κ1) is 15.3. The maximum atomic E-state index is 2.62. The van der Waals surface area contributed by atoms with Crippen molar-refractivity contribution >= 4 is 8.88 Å². The molecule has 0 saturated heterocycles. The molecule has 0 rings (SSSR count). The summed E-state index contributed by atoms with van der Waals surface area (Å²) in [6, 6.07) is 0. The van der Waals surface area contributed by atoms with E-state index in [-0.39, 0.29) is 0 Å². The van der Waals surface area contributed by atoms with Gasteiger partial charge in [-0.05, 0) is 25.7 Å². The normalized spacial score (nSPS) is 11.6. The second-order valence-corrected chi connectivity index (χ2v) is 5.54. The lowest BCUT2D eigenvalue weighted by Gasteiger charge is -2.29. The van der Waals surface area contributed by atoms with Gasteiger partial charge in [-0.15, -0.1) is 0 Å². The fourth-order valence-corrected chi connectivity index (χ4v) is 3.40. The van der Waals surface area contributed by atoms with E-state index in [1.54, 1.807) is 0 Å². The van der Waals surface area contributed by atoms with E-state index in [1.165, 1.54) is 51.9 Å². The van der Waals surface area contributed by atoms with Crippen LogP contribution in [0.25, 0.3) is 0 Å². The van der Waals surface area contributed by atoms with Gasteiger partial charge in [-0.1, -0.05) is 27.7 Å². The first-order valence-electron chi connectivity index (χ1n) is 6.54. The van der Waals surface area contributed by atoms with Gasteiger partial charge in [-0.2, -0.15) is 0 Å². The van der Waals surface area contributed by atoms with Gasteiger partial charge in [0, 0.05) is 35.1 Å². The molecule has 0 heterocycles. The zero-order valence-corrected chi connectivity index (χ0v) is 12.1. The summed E-state index contributed by atoms with van der Waals surface area (Å²) in [5, 5.41) is 0. The summed E-state index contributed by atoms with van der Waals surface area (Å²) in [5.74, 6) is 0. The van der Waals surface area contributed by atoms with Crippen LogP contribution < -0.4 is 0 Å². The molecule has 0 fully saturated rings. The summed E-state index contributed by atoms with van der Waals surface area (Å²) < 4.78 is 5.23. The van der Waals surface area contributed by atoms with Crippen molar-refractivity contribution in [2.45, 2.75) is 53.4 Å². The summed E-state index contributed by atoms with van der Waals surface area (Å²) in [6.07, 6.45) is 5.11. The molecular weight excluding hydrogens is 203 g/mol. The van der Waals surface area contributed by atoms with E-state index in [0.29, 0.717) is 0 Å². The zero-order valence-electron chi connectivity index (χ0n) is 11.1. The smallest absolute Gasteiger partial charge is 0.0240 e. The quantitative estimate of drug-likeness (QED) is 0.529. The van der Waals surface area contributed by atoms with Crippen molar-refractivity contribution in [2.24, 2.45) is 0 Å². The van der Waals surface area contributed by atoms with Crippen molar-refractivity contribution in [1.82, 2.24) is 9.34 Å². The molecule has 0 aliphatic heterocycles. The SMILES string of the molecule is CCCN(CCC)PN(CCC)CCC. The molecule has 0 atom stereocenters. The summed E-state index contributed by atoms with van der Waals surface area (Å²) >= 11 is 0. The molecule has 0 spiro atoms. The van der Waals surface area contributed by atoms with Gasteiger partial charge in [0.15, 0.2) is 0 Å². The molecule has 2 nitrogen and oxygen atoms in total. The highest BCUT2D eigenvalue weighted by molar-refractivity contribution is 7.32. The molecular formula is C12H29N2P. The number of rotatable bonds is 10. The number of hydrogen-bond acceptors (Lipinski definition) is 2. The van der Waals surface area contributed by atoms with Crippen molar-refractivity contribution < 1.29 is 0 Å². The third-order valence-electron chi connectivity index (χ3n) is 2.26. The Balaban J connectivity index is 3.93. The van der Waals surface area contributed by atoms with Gasteiger partial charge in [0.25, 0.3) is 0 Å². The average Bonchev–Trinajstić information content (AvgIpc) is 2.19. The van der Waals surface area contributed by atoms with Gasteiger partial charge in [0.1, 0.15) is 0 Å². The Labute approximate surface area is 98.3 Å². The maximum absolute atomic E-state index is 2.62. The second-order valence-electron chi connectivity index (χ2n) is 4.07. The van der Waals surface area contributed by atoms with Crippen LogP contribution in [0.5, 0.6) is 0 Å². The van der Waals surface area contributed by atoms with Crippen molar-refractivity contribution in [3.8, 4) is 0 Å². The molecule has 0 aliphatic carbocycles. The van der Waals surface area contributed by atoms with Crippen LogP contribution in [-0.4, -0.2) is 35.5 Å². The monoisotopic (exact) mass is 232 g/mol. The number of nitrogens with zero attached hydrogens (tertiary/aromatic N) is 2. The molecule has 0 aliphatic rings. The van der Waals surface area contributed by atoms with Gasteiger partial charge < -0.3 is 0 Å². The summed E-state index contributed by atoms with van der Waals surface area (Å²) in [7, 11) is 0.908. The first-order valence-corrected chi connectivity index (χ1v) is 7.43. The molecule has 0 aromatic carbocycles. The lowest BCUT2D eigenvalue weighted by molar-refractivity contribution is 0.392. The highest BCUT2D eigenvalue weighted by Gasteiger charge is 2.08. The van der Waals surface area contributed by atoms with Gasteiger partial charge in [0.2, 0.25) is 0 Å². The highest BCUT2D eigenvalue weighted by atomic mass is 31.1. The third kappa shape index (κ3) is 8.19. The minimum atomic E-state index is 0.908. The van der Waals surface area contributed by atoms with E-state index >= 15 is 0 Å². The fraction of sp³-hybridized carbons (Fsp3) is 1.00. The first-order chi connectivity index (χ1) is 7.28. The van der Waals surface area contributed by atoms with E-state index < -0.39 is 0 Å². The Bertz CT molecular complexity index is 105.